The van der Waals surface area contributed by atoms with E-state index in [-0.39, 0.29) is 29.4 Å². The number of para-hydroxylation sites is 1. The molecule has 1 saturated carbocycles. The van der Waals surface area contributed by atoms with Crippen LogP contribution < -0.4 is 4.90 Å². The highest BCUT2D eigenvalue weighted by atomic mass is 32.2. The van der Waals surface area contributed by atoms with E-state index < -0.39 is 10.0 Å². The van der Waals surface area contributed by atoms with Crippen molar-refractivity contribution in [2.24, 2.45) is 0 Å². The maximum Gasteiger partial charge on any atom is 0.245 e. The van der Waals surface area contributed by atoms with Crippen molar-refractivity contribution in [3.8, 4) is 0 Å². The van der Waals surface area contributed by atoms with Crippen molar-refractivity contribution in [1.82, 2.24) is 9.29 Å². The van der Waals surface area contributed by atoms with Gasteiger partial charge in [-0.1, -0.05) is 18.2 Å². The number of pyridine rings is 1. The van der Waals surface area contributed by atoms with Gasteiger partial charge in [0.1, 0.15) is 4.90 Å². The second-order valence-electron chi connectivity index (χ2n) is 7.25. The third kappa shape index (κ3) is 3.49. The summed E-state index contributed by atoms with van der Waals surface area (Å²) in [6, 6.07) is 10.9. The topological polar surface area (TPSA) is 70.6 Å². The summed E-state index contributed by atoms with van der Waals surface area (Å²) in [6.07, 6.45) is 6.27. The van der Waals surface area contributed by atoms with Crippen LogP contribution in [0.3, 0.4) is 0 Å². The fourth-order valence-electron chi connectivity index (χ4n) is 3.69. The minimum atomic E-state index is -3.74. The van der Waals surface area contributed by atoms with E-state index in [1.165, 1.54) is 22.8 Å². The van der Waals surface area contributed by atoms with E-state index in [1.54, 1.807) is 11.0 Å². The Bertz CT molecular complexity index is 942. The maximum absolute atomic E-state index is 13.2. The van der Waals surface area contributed by atoms with Gasteiger partial charge >= 0.3 is 0 Å². The highest BCUT2D eigenvalue weighted by Crippen LogP contribution is 2.34. The molecule has 0 spiro atoms. The lowest BCUT2D eigenvalue weighted by molar-refractivity contribution is -0.119. The maximum atomic E-state index is 13.2. The Morgan fingerprint density at radius 2 is 1.96 bits per heavy atom. The van der Waals surface area contributed by atoms with Crippen LogP contribution in [0.25, 0.3) is 0 Å². The number of aryl methyl sites for hydroxylation is 1. The zero-order valence-electron chi connectivity index (χ0n) is 15.3. The molecule has 0 saturated heterocycles. The Labute approximate surface area is 159 Å². The van der Waals surface area contributed by atoms with Gasteiger partial charge in [0, 0.05) is 30.2 Å². The van der Waals surface area contributed by atoms with Gasteiger partial charge in [-0.3, -0.25) is 9.78 Å². The molecular weight excluding hydrogens is 362 g/mol. The fraction of sp³-hybridized carbons (Fsp3) is 0.400. The molecule has 2 aliphatic rings. The van der Waals surface area contributed by atoms with E-state index in [0.29, 0.717) is 0 Å². The van der Waals surface area contributed by atoms with Crippen LogP contribution in [0.1, 0.15) is 31.7 Å². The first-order chi connectivity index (χ1) is 13.0. The second-order valence-corrected chi connectivity index (χ2v) is 9.14. The molecule has 0 radical (unpaired) electrons. The Morgan fingerprint density at radius 1 is 1.19 bits per heavy atom. The minimum absolute atomic E-state index is 0.0505. The van der Waals surface area contributed by atoms with Gasteiger partial charge in [0.05, 0.1) is 6.54 Å². The average molecular weight is 385 g/mol. The number of aromatic nitrogens is 1. The van der Waals surface area contributed by atoms with Crippen molar-refractivity contribution in [1.29, 1.82) is 0 Å². The Hall–Kier alpha value is -2.25. The largest absolute Gasteiger partial charge is 0.308 e. The second kappa shape index (κ2) is 7.05. The number of fused-ring (bicyclic) bond motifs is 1. The van der Waals surface area contributed by atoms with Crippen LogP contribution in [-0.4, -0.2) is 42.2 Å². The van der Waals surface area contributed by atoms with Gasteiger partial charge in [0.2, 0.25) is 15.9 Å². The summed E-state index contributed by atoms with van der Waals surface area (Å²) in [5.74, 6) is -0.172. The summed E-state index contributed by atoms with van der Waals surface area (Å²) in [6.45, 7) is 1.88. The van der Waals surface area contributed by atoms with Crippen molar-refractivity contribution >= 4 is 21.6 Å². The number of amides is 1. The van der Waals surface area contributed by atoms with Crippen LogP contribution in [0.15, 0.2) is 53.7 Å². The molecule has 1 amide bonds. The summed E-state index contributed by atoms with van der Waals surface area (Å²) in [7, 11) is -3.74. The first-order valence-corrected chi connectivity index (χ1v) is 10.7. The van der Waals surface area contributed by atoms with Crippen molar-refractivity contribution in [2.45, 2.75) is 49.6 Å². The lowest BCUT2D eigenvalue weighted by Gasteiger charge is -2.36. The summed E-state index contributed by atoms with van der Waals surface area (Å²) >= 11 is 0. The normalized spacial score (nSPS) is 19.8. The zero-order valence-corrected chi connectivity index (χ0v) is 16.1. The molecule has 0 bridgehead atoms. The molecule has 1 aliphatic heterocycles. The highest BCUT2D eigenvalue weighted by Gasteiger charge is 2.41. The SMILES string of the molecule is C[C@@H]1CCc2ccccc2N1C(=O)CN(C1CC1)S(=O)(=O)c1cccnc1. The number of rotatable bonds is 5. The molecule has 1 aliphatic carbocycles. The van der Waals surface area contributed by atoms with Gasteiger partial charge in [0.15, 0.2) is 0 Å². The average Bonchev–Trinajstić information content (AvgIpc) is 3.51. The molecule has 27 heavy (non-hydrogen) atoms. The fourth-order valence-corrected chi connectivity index (χ4v) is 5.28. The quantitative estimate of drug-likeness (QED) is 0.793. The van der Waals surface area contributed by atoms with Gasteiger partial charge in [0.25, 0.3) is 0 Å². The third-order valence-electron chi connectivity index (χ3n) is 5.28. The number of sulfonamides is 1. The summed E-state index contributed by atoms with van der Waals surface area (Å²) in [5, 5.41) is 0. The predicted octanol–water partition coefficient (Wildman–Crippen LogP) is 2.60. The smallest absolute Gasteiger partial charge is 0.245 e. The van der Waals surface area contributed by atoms with Crippen LogP contribution in [0.5, 0.6) is 0 Å². The molecule has 1 aromatic heterocycles. The number of nitrogens with zero attached hydrogens (tertiary/aromatic N) is 3. The molecular formula is C20H23N3O3S. The van der Waals surface area contributed by atoms with Gasteiger partial charge in [-0.25, -0.2) is 8.42 Å². The molecule has 1 fully saturated rings. The van der Waals surface area contributed by atoms with Gasteiger partial charge in [-0.2, -0.15) is 4.31 Å². The van der Waals surface area contributed by atoms with Crippen LogP contribution >= 0.6 is 0 Å². The van der Waals surface area contributed by atoms with Crippen molar-refractivity contribution in [3.63, 3.8) is 0 Å². The van der Waals surface area contributed by atoms with Crippen molar-refractivity contribution < 1.29 is 13.2 Å². The summed E-state index contributed by atoms with van der Waals surface area (Å²) in [5.41, 5.74) is 2.04. The number of carbonyl (C=O) groups is 1. The number of hydrogen-bond donors (Lipinski definition) is 0. The lowest BCUT2D eigenvalue weighted by Crippen LogP contribution is -2.48. The van der Waals surface area contributed by atoms with Gasteiger partial charge in [-0.05, 0) is 56.4 Å². The van der Waals surface area contributed by atoms with E-state index >= 15 is 0 Å². The first kappa shape index (κ1) is 18.1. The monoisotopic (exact) mass is 385 g/mol. The molecule has 7 heteroatoms. The zero-order chi connectivity index (χ0) is 19.0. The molecule has 0 N–H and O–H groups in total. The van der Waals surface area contributed by atoms with E-state index in [0.717, 1.165) is 36.9 Å². The first-order valence-electron chi connectivity index (χ1n) is 9.30. The van der Waals surface area contributed by atoms with Crippen LogP contribution in [0.4, 0.5) is 5.69 Å². The molecule has 2 aromatic rings. The van der Waals surface area contributed by atoms with E-state index in [4.69, 9.17) is 0 Å². The number of benzene rings is 1. The molecule has 4 rings (SSSR count). The van der Waals surface area contributed by atoms with Crippen molar-refractivity contribution in [3.05, 3.63) is 54.4 Å². The van der Waals surface area contributed by atoms with Crippen LogP contribution in [0, 0.1) is 0 Å². The standard InChI is InChI=1S/C20H23N3O3S/c1-15-8-9-16-5-2-3-7-19(16)23(15)20(24)14-22(17-10-11-17)27(25,26)18-6-4-12-21-13-18/h2-7,12-13,15,17H,8-11,14H2,1H3/t15-/m1/s1. The van der Waals surface area contributed by atoms with Crippen LogP contribution in [-0.2, 0) is 21.2 Å². The van der Waals surface area contributed by atoms with Gasteiger partial charge in [-0.15, -0.1) is 0 Å². The molecule has 142 valence electrons. The Kier molecular flexibility index (Phi) is 4.74. The molecule has 1 atom stereocenters. The molecule has 0 unspecified atom stereocenters. The van der Waals surface area contributed by atoms with Crippen molar-refractivity contribution in [2.75, 3.05) is 11.4 Å². The number of hydrogen-bond acceptors (Lipinski definition) is 4. The Morgan fingerprint density at radius 3 is 2.67 bits per heavy atom. The molecule has 6 nitrogen and oxygen atoms in total. The van der Waals surface area contributed by atoms with E-state index in [9.17, 15) is 13.2 Å². The number of carbonyl (C=O) groups excluding carboxylic acids is 1. The van der Waals surface area contributed by atoms with E-state index in [1.807, 2.05) is 31.2 Å². The van der Waals surface area contributed by atoms with Crippen LogP contribution in [0.2, 0.25) is 0 Å². The van der Waals surface area contributed by atoms with Gasteiger partial charge < -0.3 is 4.90 Å². The summed E-state index contributed by atoms with van der Waals surface area (Å²) < 4.78 is 27.5. The minimum Gasteiger partial charge on any atom is -0.308 e. The Balaban J connectivity index is 1.63. The molecule has 1 aromatic carbocycles. The third-order valence-corrected chi connectivity index (χ3v) is 7.16. The summed E-state index contributed by atoms with van der Waals surface area (Å²) in [4.78, 5) is 19.0. The highest BCUT2D eigenvalue weighted by molar-refractivity contribution is 7.89. The number of anilines is 1. The predicted molar refractivity (Wildman–Crippen MR) is 103 cm³/mol. The lowest BCUT2D eigenvalue weighted by atomic mass is 9.96. The molecule has 2 heterocycles. The van der Waals surface area contributed by atoms with E-state index in [2.05, 4.69) is 4.98 Å².